The third-order valence-electron chi connectivity index (χ3n) is 5.76. The molecule has 0 radical (unpaired) electrons. The number of carbonyl (C=O) groups is 1. The van der Waals surface area contributed by atoms with Crippen LogP contribution in [0, 0.1) is 0 Å². The number of hydrogen-bond donors (Lipinski definition) is 1. The monoisotopic (exact) mass is 431 g/mol. The SMILES string of the molecule is CC(=O)Oc1ccc(CN2CCCC(c3cc(N)n4nc(-c5ccco5)cc4n3)C2)cc1. The second-order valence-corrected chi connectivity index (χ2v) is 8.19. The Morgan fingerprint density at radius 3 is 2.84 bits per heavy atom. The van der Waals surface area contributed by atoms with Gasteiger partial charge in [-0.05, 0) is 49.2 Å². The maximum atomic E-state index is 11.1. The Hall–Kier alpha value is -3.65. The van der Waals surface area contributed by atoms with Gasteiger partial charge in [0.2, 0.25) is 0 Å². The molecule has 32 heavy (non-hydrogen) atoms. The van der Waals surface area contributed by atoms with Crippen LogP contribution in [0.2, 0.25) is 0 Å². The molecule has 0 bridgehead atoms. The van der Waals surface area contributed by atoms with Crippen molar-refractivity contribution in [3.8, 4) is 17.2 Å². The quantitative estimate of drug-likeness (QED) is 0.378. The fourth-order valence-electron chi connectivity index (χ4n) is 4.30. The smallest absolute Gasteiger partial charge is 0.308 e. The third-order valence-corrected chi connectivity index (χ3v) is 5.76. The van der Waals surface area contributed by atoms with Crippen LogP contribution in [-0.4, -0.2) is 38.6 Å². The number of furan rings is 1. The average Bonchev–Trinajstić information content (AvgIpc) is 3.45. The van der Waals surface area contributed by atoms with Gasteiger partial charge in [0, 0.05) is 38.1 Å². The normalized spacial score (nSPS) is 17.0. The average molecular weight is 431 g/mol. The van der Waals surface area contributed by atoms with Crippen molar-refractivity contribution in [3.63, 3.8) is 0 Å². The molecular formula is C24H25N5O3. The standard InChI is InChI=1S/C24H25N5O3/c1-16(30)32-19-8-6-17(7-9-19)14-28-10-2-4-18(15-28)20-12-23(25)29-24(26-20)13-21(27-29)22-5-3-11-31-22/h3,5-9,11-13,18H,2,4,10,14-15,25H2,1H3. The lowest BCUT2D eigenvalue weighted by Crippen LogP contribution is -2.34. The topological polar surface area (TPSA) is 98.9 Å². The summed E-state index contributed by atoms with van der Waals surface area (Å²) in [4.78, 5) is 18.4. The minimum atomic E-state index is -0.310. The van der Waals surface area contributed by atoms with Crippen LogP contribution < -0.4 is 10.5 Å². The summed E-state index contributed by atoms with van der Waals surface area (Å²) in [7, 11) is 0. The molecule has 4 heterocycles. The van der Waals surface area contributed by atoms with Crippen LogP contribution >= 0.6 is 0 Å². The van der Waals surface area contributed by atoms with Crippen LogP contribution in [0.25, 0.3) is 17.1 Å². The Morgan fingerprint density at radius 1 is 1.25 bits per heavy atom. The summed E-state index contributed by atoms with van der Waals surface area (Å²) in [6, 6.07) is 15.2. The van der Waals surface area contributed by atoms with E-state index in [0.29, 0.717) is 28.9 Å². The lowest BCUT2D eigenvalue weighted by molar-refractivity contribution is -0.131. The minimum Gasteiger partial charge on any atom is -0.463 e. The highest BCUT2D eigenvalue weighted by Gasteiger charge is 2.24. The van der Waals surface area contributed by atoms with E-state index in [1.807, 2.05) is 48.5 Å². The lowest BCUT2D eigenvalue weighted by Gasteiger charge is -2.32. The number of carbonyl (C=O) groups excluding carboxylic acids is 1. The van der Waals surface area contributed by atoms with E-state index >= 15 is 0 Å². The van der Waals surface area contributed by atoms with E-state index < -0.39 is 0 Å². The van der Waals surface area contributed by atoms with E-state index in [1.165, 1.54) is 12.5 Å². The molecule has 2 N–H and O–H groups in total. The molecule has 0 spiro atoms. The van der Waals surface area contributed by atoms with Crippen LogP contribution in [0.3, 0.4) is 0 Å². The number of nitrogen functional groups attached to an aromatic ring is 1. The molecule has 8 nitrogen and oxygen atoms in total. The Bertz CT molecular complexity index is 1230. The van der Waals surface area contributed by atoms with Gasteiger partial charge < -0.3 is 14.9 Å². The summed E-state index contributed by atoms with van der Waals surface area (Å²) in [6.45, 7) is 4.19. The number of hydrogen-bond acceptors (Lipinski definition) is 7. The number of rotatable bonds is 5. The number of ether oxygens (including phenoxy) is 1. The van der Waals surface area contributed by atoms with Gasteiger partial charge in [-0.3, -0.25) is 9.69 Å². The van der Waals surface area contributed by atoms with Crippen molar-refractivity contribution >= 4 is 17.4 Å². The van der Waals surface area contributed by atoms with Gasteiger partial charge in [-0.15, -0.1) is 0 Å². The molecule has 0 saturated carbocycles. The van der Waals surface area contributed by atoms with Gasteiger partial charge >= 0.3 is 5.97 Å². The fraction of sp³-hybridized carbons (Fsp3) is 0.292. The first-order chi connectivity index (χ1) is 15.5. The number of esters is 1. The molecule has 1 aliphatic rings. The first kappa shape index (κ1) is 20.3. The van der Waals surface area contributed by atoms with Crippen molar-refractivity contribution in [2.45, 2.75) is 32.2 Å². The largest absolute Gasteiger partial charge is 0.463 e. The Balaban J connectivity index is 1.32. The molecule has 0 amide bonds. The van der Waals surface area contributed by atoms with Gasteiger partial charge in [0.1, 0.15) is 17.3 Å². The number of aromatic nitrogens is 3. The first-order valence-electron chi connectivity index (χ1n) is 10.7. The van der Waals surface area contributed by atoms with Crippen molar-refractivity contribution in [3.05, 3.63) is 66.1 Å². The molecule has 1 saturated heterocycles. The van der Waals surface area contributed by atoms with Crippen LogP contribution in [-0.2, 0) is 11.3 Å². The summed E-state index contributed by atoms with van der Waals surface area (Å²) >= 11 is 0. The third kappa shape index (κ3) is 4.22. The number of anilines is 1. The Morgan fingerprint density at radius 2 is 2.09 bits per heavy atom. The van der Waals surface area contributed by atoms with E-state index in [9.17, 15) is 4.79 Å². The summed E-state index contributed by atoms with van der Waals surface area (Å²) < 4.78 is 12.2. The highest BCUT2D eigenvalue weighted by atomic mass is 16.5. The van der Waals surface area contributed by atoms with E-state index in [4.69, 9.17) is 19.9 Å². The second kappa shape index (κ2) is 8.47. The van der Waals surface area contributed by atoms with Gasteiger partial charge in [0.25, 0.3) is 0 Å². The molecule has 1 fully saturated rings. The zero-order valence-electron chi connectivity index (χ0n) is 17.9. The molecular weight excluding hydrogens is 406 g/mol. The maximum absolute atomic E-state index is 11.1. The number of benzene rings is 1. The van der Waals surface area contributed by atoms with Crippen molar-refractivity contribution in [2.24, 2.45) is 0 Å². The summed E-state index contributed by atoms with van der Waals surface area (Å²) in [6.07, 6.45) is 3.80. The molecule has 8 heteroatoms. The lowest BCUT2D eigenvalue weighted by atomic mass is 9.94. The minimum absolute atomic E-state index is 0.304. The van der Waals surface area contributed by atoms with Gasteiger partial charge in [0.05, 0.1) is 12.0 Å². The summed E-state index contributed by atoms with van der Waals surface area (Å²) in [5.41, 5.74) is 9.94. The van der Waals surface area contributed by atoms with Crippen LogP contribution in [0.5, 0.6) is 5.75 Å². The number of likely N-dealkylation sites (tertiary alicyclic amines) is 1. The Kier molecular flexibility index (Phi) is 5.36. The van der Waals surface area contributed by atoms with Crippen molar-refractivity contribution in [1.29, 1.82) is 0 Å². The summed E-state index contributed by atoms with van der Waals surface area (Å²) in [5.74, 6) is 1.83. The van der Waals surface area contributed by atoms with Crippen LogP contribution in [0.15, 0.2) is 59.2 Å². The van der Waals surface area contributed by atoms with E-state index in [1.54, 1.807) is 10.8 Å². The molecule has 5 rings (SSSR count). The first-order valence-corrected chi connectivity index (χ1v) is 10.7. The number of nitrogens with zero attached hydrogens (tertiary/aromatic N) is 4. The Labute approximate surface area is 185 Å². The second-order valence-electron chi connectivity index (χ2n) is 8.19. The van der Waals surface area contributed by atoms with Crippen LogP contribution in [0.1, 0.15) is 36.9 Å². The van der Waals surface area contributed by atoms with E-state index in [2.05, 4.69) is 10.00 Å². The zero-order valence-corrected chi connectivity index (χ0v) is 17.9. The molecule has 1 unspecified atom stereocenters. The molecule has 4 aromatic rings. The van der Waals surface area contributed by atoms with E-state index in [-0.39, 0.29) is 5.97 Å². The van der Waals surface area contributed by atoms with Gasteiger partial charge in [-0.1, -0.05) is 12.1 Å². The molecule has 164 valence electrons. The highest BCUT2D eigenvalue weighted by Crippen LogP contribution is 2.29. The van der Waals surface area contributed by atoms with Crippen molar-refractivity contribution in [1.82, 2.24) is 19.5 Å². The molecule has 1 atom stereocenters. The predicted molar refractivity (Wildman–Crippen MR) is 120 cm³/mol. The van der Waals surface area contributed by atoms with Gasteiger partial charge in [-0.2, -0.15) is 9.61 Å². The van der Waals surface area contributed by atoms with Crippen LogP contribution in [0.4, 0.5) is 5.82 Å². The summed E-state index contributed by atoms with van der Waals surface area (Å²) in [5, 5.41) is 4.53. The van der Waals surface area contributed by atoms with Crippen molar-refractivity contribution in [2.75, 3.05) is 18.8 Å². The highest BCUT2D eigenvalue weighted by molar-refractivity contribution is 5.69. The molecule has 1 aliphatic heterocycles. The number of nitrogens with two attached hydrogens (primary N) is 1. The van der Waals surface area contributed by atoms with E-state index in [0.717, 1.165) is 43.8 Å². The number of fused-ring (bicyclic) bond motifs is 1. The molecule has 0 aliphatic carbocycles. The molecule has 1 aromatic carbocycles. The number of piperidine rings is 1. The predicted octanol–water partition coefficient (Wildman–Crippen LogP) is 3.88. The zero-order chi connectivity index (χ0) is 22.1. The maximum Gasteiger partial charge on any atom is 0.308 e. The van der Waals surface area contributed by atoms with Gasteiger partial charge in [0.15, 0.2) is 11.4 Å². The molecule has 3 aromatic heterocycles. The fourth-order valence-corrected chi connectivity index (χ4v) is 4.30. The van der Waals surface area contributed by atoms with Crippen molar-refractivity contribution < 1.29 is 13.9 Å². The van der Waals surface area contributed by atoms with Gasteiger partial charge in [-0.25, -0.2) is 4.98 Å².